The van der Waals surface area contributed by atoms with Crippen LogP contribution in [0, 0.1) is 0 Å². The summed E-state index contributed by atoms with van der Waals surface area (Å²) in [7, 11) is 4.88. The molecule has 192 valence electrons. The summed E-state index contributed by atoms with van der Waals surface area (Å²) in [6.07, 6.45) is -0.740. The number of benzene rings is 2. The van der Waals surface area contributed by atoms with Gasteiger partial charge in [0.25, 0.3) is 5.91 Å². The molecule has 0 aliphatic carbocycles. The molecular weight excluding hydrogens is 460 g/mol. The van der Waals surface area contributed by atoms with Gasteiger partial charge in [0.2, 0.25) is 11.8 Å². The van der Waals surface area contributed by atoms with Gasteiger partial charge in [-0.25, -0.2) is 4.79 Å². The predicted octanol–water partition coefficient (Wildman–Crippen LogP) is 3.62. The smallest absolute Gasteiger partial charge is 0.414 e. The molecule has 36 heavy (non-hydrogen) atoms. The molecule has 9 heteroatoms. The minimum atomic E-state index is -0.463. The van der Waals surface area contributed by atoms with Crippen molar-refractivity contribution in [3.8, 4) is 11.1 Å². The Balaban J connectivity index is 1.92. The second kappa shape index (κ2) is 10.8. The van der Waals surface area contributed by atoms with Crippen molar-refractivity contribution in [2.24, 2.45) is 0 Å². The molecule has 9 nitrogen and oxygen atoms in total. The number of rotatable bonds is 5. The van der Waals surface area contributed by atoms with Crippen molar-refractivity contribution in [1.29, 1.82) is 0 Å². The van der Waals surface area contributed by atoms with Gasteiger partial charge < -0.3 is 19.4 Å². The van der Waals surface area contributed by atoms with Crippen LogP contribution in [0.25, 0.3) is 11.1 Å². The molecule has 3 rings (SSSR count). The lowest BCUT2D eigenvalue weighted by molar-refractivity contribution is -0.129. The van der Waals surface area contributed by atoms with Gasteiger partial charge in [0, 0.05) is 40.2 Å². The predicted molar refractivity (Wildman–Crippen MR) is 139 cm³/mol. The number of carbonyl (C=O) groups excluding carboxylic acids is 4. The third-order valence-corrected chi connectivity index (χ3v) is 5.99. The number of ether oxygens (including phenoxy) is 1. The average molecular weight is 495 g/mol. The molecule has 0 radical (unpaired) electrons. The second-order valence-corrected chi connectivity index (χ2v) is 9.51. The molecule has 1 atom stereocenters. The molecule has 0 fully saturated rings. The van der Waals surface area contributed by atoms with E-state index in [0.717, 1.165) is 11.1 Å². The van der Waals surface area contributed by atoms with Crippen molar-refractivity contribution >= 4 is 35.2 Å². The van der Waals surface area contributed by atoms with Gasteiger partial charge in [-0.05, 0) is 56.2 Å². The Morgan fingerprint density at radius 2 is 1.58 bits per heavy atom. The van der Waals surface area contributed by atoms with Gasteiger partial charge in [-0.1, -0.05) is 18.2 Å². The van der Waals surface area contributed by atoms with Crippen LogP contribution in [-0.4, -0.2) is 80.0 Å². The van der Waals surface area contributed by atoms with Crippen LogP contribution in [0.15, 0.2) is 42.5 Å². The maximum atomic E-state index is 12.9. The molecule has 2 aromatic carbocycles. The number of hydrogen-bond acceptors (Lipinski definition) is 5. The number of nitrogens with zero attached hydrogens (tertiary/aromatic N) is 4. The minimum Gasteiger partial charge on any atom is -0.446 e. The third-order valence-electron chi connectivity index (χ3n) is 5.99. The van der Waals surface area contributed by atoms with E-state index in [-0.39, 0.29) is 36.4 Å². The van der Waals surface area contributed by atoms with Crippen LogP contribution in [0.4, 0.5) is 16.2 Å². The van der Waals surface area contributed by atoms with Gasteiger partial charge in [-0.2, -0.15) is 0 Å². The van der Waals surface area contributed by atoms with E-state index in [9.17, 15) is 19.2 Å². The van der Waals surface area contributed by atoms with E-state index < -0.39 is 6.09 Å². The van der Waals surface area contributed by atoms with Gasteiger partial charge >= 0.3 is 6.09 Å². The van der Waals surface area contributed by atoms with Crippen LogP contribution in [0.1, 0.15) is 38.1 Å². The highest BCUT2D eigenvalue weighted by atomic mass is 16.6. The molecule has 0 saturated carbocycles. The van der Waals surface area contributed by atoms with Crippen molar-refractivity contribution in [2.75, 3.05) is 44.0 Å². The van der Waals surface area contributed by atoms with Gasteiger partial charge in [0.05, 0.1) is 30.1 Å². The van der Waals surface area contributed by atoms with E-state index in [1.165, 1.54) is 16.7 Å². The molecule has 1 aliphatic rings. The first kappa shape index (κ1) is 26.7. The summed E-state index contributed by atoms with van der Waals surface area (Å²) in [6.45, 7) is 7.29. The molecule has 0 saturated heterocycles. The second-order valence-electron chi connectivity index (χ2n) is 9.51. The number of amides is 4. The van der Waals surface area contributed by atoms with E-state index in [4.69, 9.17) is 4.74 Å². The van der Waals surface area contributed by atoms with E-state index in [1.807, 2.05) is 37.3 Å². The standard InChI is InChI=1S/C27H34N4O5/c1-17(2)36-27(35)30-15-18(3)31(19(4)32)23-13-12-22(14-24(23)30)20-8-10-21(11-9-20)26(34)29(7)16-25(33)28(5)6/h8-14,17-18H,15-16H2,1-7H3. The van der Waals surface area contributed by atoms with Gasteiger partial charge in [0.15, 0.2) is 0 Å². The number of anilines is 2. The van der Waals surface area contributed by atoms with Gasteiger partial charge in [-0.3, -0.25) is 19.3 Å². The zero-order chi connectivity index (χ0) is 26.7. The lowest BCUT2D eigenvalue weighted by atomic mass is 9.99. The number of hydrogen-bond donors (Lipinski definition) is 0. The fourth-order valence-electron chi connectivity index (χ4n) is 4.16. The lowest BCUT2D eigenvalue weighted by Crippen LogP contribution is -2.51. The fourth-order valence-corrected chi connectivity index (χ4v) is 4.16. The lowest BCUT2D eigenvalue weighted by Gasteiger charge is -2.40. The topological polar surface area (TPSA) is 90.5 Å². The molecule has 0 bridgehead atoms. The maximum absolute atomic E-state index is 12.9. The van der Waals surface area contributed by atoms with Crippen LogP contribution in [0.5, 0.6) is 0 Å². The molecule has 1 unspecified atom stereocenters. The normalized spacial score (nSPS) is 14.8. The van der Waals surface area contributed by atoms with E-state index in [1.54, 1.807) is 56.9 Å². The summed E-state index contributed by atoms with van der Waals surface area (Å²) in [6, 6.07) is 12.4. The summed E-state index contributed by atoms with van der Waals surface area (Å²) >= 11 is 0. The maximum Gasteiger partial charge on any atom is 0.414 e. The Morgan fingerprint density at radius 1 is 0.972 bits per heavy atom. The third kappa shape index (κ3) is 5.67. The highest BCUT2D eigenvalue weighted by Crippen LogP contribution is 2.39. The van der Waals surface area contributed by atoms with Crippen molar-refractivity contribution in [2.45, 2.75) is 39.8 Å². The van der Waals surface area contributed by atoms with Crippen LogP contribution in [0.2, 0.25) is 0 Å². The highest BCUT2D eigenvalue weighted by molar-refractivity contribution is 6.03. The zero-order valence-electron chi connectivity index (χ0n) is 21.9. The van der Waals surface area contributed by atoms with Crippen LogP contribution in [-0.2, 0) is 14.3 Å². The zero-order valence-corrected chi connectivity index (χ0v) is 21.9. The summed E-state index contributed by atoms with van der Waals surface area (Å²) in [5, 5.41) is 0. The molecule has 0 N–H and O–H groups in total. The molecule has 1 heterocycles. The SMILES string of the molecule is CC(=O)N1c2ccc(-c3ccc(C(=O)N(C)CC(=O)N(C)C)cc3)cc2N(C(=O)OC(C)C)CC1C. The van der Waals surface area contributed by atoms with Crippen molar-refractivity contribution in [3.63, 3.8) is 0 Å². The van der Waals surface area contributed by atoms with Crippen LogP contribution >= 0.6 is 0 Å². The number of carbonyl (C=O) groups is 4. The molecule has 1 aliphatic heterocycles. The first-order valence-electron chi connectivity index (χ1n) is 11.9. The summed E-state index contributed by atoms with van der Waals surface area (Å²) in [5.74, 6) is -0.519. The largest absolute Gasteiger partial charge is 0.446 e. The first-order valence-corrected chi connectivity index (χ1v) is 11.9. The molecule has 4 amide bonds. The molecular formula is C27H34N4O5. The Hall–Kier alpha value is -3.88. The fraction of sp³-hybridized carbons (Fsp3) is 0.407. The van der Waals surface area contributed by atoms with Crippen molar-refractivity contribution in [1.82, 2.24) is 9.80 Å². The van der Waals surface area contributed by atoms with E-state index in [2.05, 4.69) is 0 Å². The number of fused-ring (bicyclic) bond motifs is 1. The van der Waals surface area contributed by atoms with Crippen molar-refractivity contribution < 1.29 is 23.9 Å². The Bertz CT molecular complexity index is 1160. The molecule has 0 spiro atoms. The molecule has 0 aromatic heterocycles. The number of likely N-dealkylation sites (N-methyl/N-ethyl adjacent to an activating group) is 2. The van der Waals surface area contributed by atoms with E-state index >= 15 is 0 Å². The Labute approximate surface area is 212 Å². The Morgan fingerprint density at radius 3 is 2.14 bits per heavy atom. The van der Waals surface area contributed by atoms with E-state index in [0.29, 0.717) is 23.5 Å². The molecule has 2 aromatic rings. The van der Waals surface area contributed by atoms with Gasteiger partial charge in [0.1, 0.15) is 0 Å². The first-order chi connectivity index (χ1) is 16.9. The summed E-state index contributed by atoms with van der Waals surface area (Å²) < 4.78 is 5.46. The van der Waals surface area contributed by atoms with Crippen LogP contribution in [0.3, 0.4) is 0 Å². The minimum absolute atomic E-state index is 0.00815. The van der Waals surface area contributed by atoms with Crippen molar-refractivity contribution in [3.05, 3.63) is 48.0 Å². The Kier molecular flexibility index (Phi) is 8.02. The summed E-state index contributed by atoms with van der Waals surface area (Å²) in [5.41, 5.74) is 3.36. The highest BCUT2D eigenvalue weighted by Gasteiger charge is 2.34. The van der Waals surface area contributed by atoms with Gasteiger partial charge in [-0.15, -0.1) is 0 Å². The monoisotopic (exact) mass is 494 g/mol. The summed E-state index contributed by atoms with van der Waals surface area (Å²) in [4.78, 5) is 56.0. The average Bonchev–Trinajstić information content (AvgIpc) is 2.81. The quantitative estimate of drug-likeness (QED) is 0.633. The van der Waals surface area contributed by atoms with Crippen LogP contribution < -0.4 is 9.80 Å².